The summed E-state index contributed by atoms with van der Waals surface area (Å²) in [7, 11) is 0. The first kappa shape index (κ1) is 15.7. The molecule has 2 amide bonds. The number of benzene rings is 1. The van der Waals surface area contributed by atoms with Crippen molar-refractivity contribution >= 4 is 11.8 Å². The zero-order valence-electron chi connectivity index (χ0n) is 13.8. The Kier molecular flexibility index (Phi) is 4.13. The van der Waals surface area contributed by atoms with E-state index in [-0.39, 0.29) is 24.1 Å². The zero-order chi connectivity index (χ0) is 17.2. The van der Waals surface area contributed by atoms with Gasteiger partial charge in [-0.15, -0.1) is 0 Å². The van der Waals surface area contributed by atoms with Crippen molar-refractivity contribution in [3.8, 4) is 17.1 Å². The van der Waals surface area contributed by atoms with Gasteiger partial charge in [0, 0.05) is 26.1 Å². The maximum absolute atomic E-state index is 12.4. The standard InChI is InChI=1S/C18H19N3O4/c22-15-7-3-9-21(15)10-4-8-19-18(23)16-13-11-24-14-6-2-1-5-12(14)17(13)25-20-16/h1-2,5-6H,3-4,7-11H2,(H,19,23). The fourth-order valence-electron chi connectivity index (χ4n) is 3.26. The summed E-state index contributed by atoms with van der Waals surface area (Å²) in [5, 5.41) is 6.78. The van der Waals surface area contributed by atoms with Crippen molar-refractivity contribution in [3.63, 3.8) is 0 Å². The summed E-state index contributed by atoms with van der Waals surface area (Å²) in [4.78, 5) is 25.8. The van der Waals surface area contributed by atoms with Crippen LogP contribution < -0.4 is 10.1 Å². The quantitative estimate of drug-likeness (QED) is 0.841. The first-order valence-corrected chi connectivity index (χ1v) is 8.51. The lowest BCUT2D eigenvalue weighted by Crippen LogP contribution is -2.31. The lowest BCUT2D eigenvalue weighted by Gasteiger charge is -2.16. The molecule has 0 unspecified atom stereocenters. The predicted octanol–water partition coefficient (Wildman–Crippen LogP) is 1.98. The first-order chi connectivity index (χ1) is 12.2. The Balaban J connectivity index is 1.37. The van der Waals surface area contributed by atoms with E-state index < -0.39 is 0 Å². The highest BCUT2D eigenvalue weighted by Gasteiger charge is 2.28. The largest absolute Gasteiger partial charge is 0.488 e. The number of carbonyl (C=O) groups is 2. The van der Waals surface area contributed by atoms with Gasteiger partial charge in [-0.2, -0.15) is 0 Å². The third kappa shape index (κ3) is 2.97. The molecule has 130 valence electrons. The second-order valence-electron chi connectivity index (χ2n) is 6.22. The highest BCUT2D eigenvalue weighted by molar-refractivity contribution is 5.95. The summed E-state index contributed by atoms with van der Waals surface area (Å²) in [5.41, 5.74) is 1.75. The fraction of sp³-hybridized carbons (Fsp3) is 0.389. The molecule has 1 saturated heterocycles. The van der Waals surface area contributed by atoms with E-state index in [0.29, 0.717) is 30.8 Å². The number of para-hydroxylation sites is 1. The average Bonchev–Trinajstić information content (AvgIpc) is 3.25. The molecule has 4 rings (SSSR count). The molecule has 0 radical (unpaired) electrons. The van der Waals surface area contributed by atoms with E-state index in [1.54, 1.807) is 0 Å². The van der Waals surface area contributed by atoms with Gasteiger partial charge in [-0.05, 0) is 25.0 Å². The van der Waals surface area contributed by atoms with Crippen LogP contribution in [0, 0.1) is 0 Å². The Morgan fingerprint density at radius 1 is 1.32 bits per heavy atom. The van der Waals surface area contributed by atoms with Gasteiger partial charge in [-0.25, -0.2) is 0 Å². The van der Waals surface area contributed by atoms with Crippen molar-refractivity contribution in [3.05, 3.63) is 35.5 Å². The average molecular weight is 341 g/mol. The summed E-state index contributed by atoms with van der Waals surface area (Å²) in [5.74, 6) is 1.25. The van der Waals surface area contributed by atoms with Crippen LogP contribution in [0.25, 0.3) is 11.3 Å². The van der Waals surface area contributed by atoms with Gasteiger partial charge >= 0.3 is 0 Å². The molecule has 25 heavy (non-hydrogen) atoms. The van der Waals surface area contributed by atoms with Crippen LogP contribution in [-0.2, 0) is 11.4 Å². The second kappa shape index (κ2) is 6.58. The van der Waals surface area contributed by atoms with Crippen molar-refractivity contribution in [1.82, 2.24) is 15.4 Å². The molecule has 0 atom stereocenters. The molecule has 7 heteroatoms. The molecule has 1 N–H and O–H groups in total. The molecule has 2 aromatic rings. The molecule has 1 aromatic heterocycles. The number of amides is 2. The third-order valence-corrected chi connectivity index (χ3v) is 4.57. The maximum Gasteiger partial charge on any atom is 0.273 e. The molecule has 2 aliphatic heterocycles. The molecule has 0 aliphatic carbocycles. The molecule has 0 bridgehead atoms. The van der Waals surface area contributed by atoms with E-state index in [4.69, 9.17) is 9.26 Å². The number of likely N-dealkylation sites (tertiary alicyclic amines) is 1. The smallest absolute Gasteiger partial charge is 0.273 e. The van der Waals surface area contributed by atoms with Gasteiger partial charge in [0.25, 0.3) is 5.91 Å². The van der Waals surface area contributed by atoms with Gasteiger partial charge in [-0.3, -0.25) is 9.59 Å². The SMILES string of the molecule is O=C(NCCCN1CCCC1=O)c1noc2c1COc1ccccc1-2. The number of hydrogen-bond acceptors (Lipinski definition) is 5. The molecule has 7 nitrogen and oxygen atoms in total. The summed E-state index contributed by atoms with van der Waals surface area (Å²) in [6.45, 7) is 2.25. The Hall–Kier alpha value is -2.83. The molecular formula is C18H19N3O4. The van der Waals surface area contributed by atoms with Crippen LogP contribution in [0.2, 0.25) is 0 Å². The highest BCUT2D eigenvalue weighted by atomic mass is 16.5. The Morgan fingerprint density at radius 2 is 2.20 bits per heavy atom. The number of aromatic nitrogens is 1. The monoisotopic (exact) mass is 341 g/mol. The first-order valence-electron chi connectivity index (χ1n) is 8.51. The van der Waals surface area contributed by atoms with Gasteiger partial charge < -0.3 is 19.5 Å². The van der Waals surface area contributed by atoms with E-state index in [1.165, 1.54) is 0 Å². The van der Waals surface area contributed by atoms with Crippen LogP contribution in [0.5, 0.6) is 5.75 Å². The van der Waals surface area contributed by atoms with Crippen molar-refractivity contribution in [2.24, 2.45) is 0 Å². The van der Waals surface area contributed by atoms with Gasteiger partial charge in [0.15, 0.2) is 11.5 Å². The van der Waals surface area contributed by atoms with Crippen molar-refractivity contribution in [2.75, 3.05) is 19.6 Å². The van der Waals surface area contributed by atoms with Crippen LogP contribution >= 0.6 is 0 Å². The van der Waals surface area contributed by atoms with Crippen LogP contribution in [0.15, 0.2) is 28.8 Å². The van der Waals surface area contributed by atoms with Crippen molar-refractivity contribution in [1.29, 1.82) is 0 Å². The van der Waals surface area contributed by atoms with Crippen LogP contribution in [0.1, 0.15) is 35.3 Å². The number of nitrogens with one attached hydrogen (secondary N) is 1. The Bertz CT molecular complexity index is 814. The van der Waals surface area contributed by atoms with Crippen LogP contribution in [-0.4, -0.2) is 41.5 Å². The summed E-state index contributed by atoms with van der Waals surface area (Å²) < 4.78 is 11.1. The summed E-state index contributed by atoms with van der Waals surface area (Å²) in [6.07, 6.45) is 2.29. The van der Waals surface area contributed by atoms with E-state index >= 15 is 0 Å². The normalized spacial score (nSPS) is 15.5. The molecular weight excluding hydrogens is 322 g/mol. The van der Waals surface area contributed by atoms with Crippen molar-refractivity contribution in [2.45, 2.75) is 25.9 Å². The minimum absolute atomic E-state index is 0.202. The number of fused-ring (bicyclic) bond motifs is 3. The number of nitrogens with zero attached hydrogens (tertiary/aromatic N) is 2. The van der Waals surface area contributed by atoms with Crippen LogP contribution in [0.4, 0.5) is 0 Å². The van der Waals surface area contributed by atoms with Crippen molar-refractivity contribution < 1.29 is 18.8 Å². The number of ether oxygens (including phenoxy) is 1. The van der Waals surface area contributed by atoms with Gasteiger partial charge in [0.05, 0.1) is 11.1 Å². The Labute approximate surface area is 144 Å². The highest BCUT2D eigenvalue weighted by Crippen LogP contribution is 2.38. The third-order valence-electron chi connectivity index (χ3n) is 4.57. The van der Waals surface area contributed by atoms with Crippen LogP contribution in [0.3, 0.4) is 0 Å². The number of hydrogen-bond donors (Lipinski definition) is 1. The minimum atomic E-state index is -0.277. The molecule has 0 saturated carbocycles. The van der Waals surface area contributed by atoms with E-state index in [1.807, 2.05) is 29.2 Å². The Morgan fingerprint density at radius 3 is 3.04 bits per heavy atom. The number of rotatable bonds is 5. The summed E-state index contributed by atoms with van der Waals surface area (Å²) >= 11 is 0. The van der Waals surface area contributed by atoms with Gasteiger partial charge in [0.2, 0.25) is 5.91 Å². The lowest BCUT2D eigenvalue weighted by atomic mass is 10.0. The zero-order valence-corrected chi connectivity index (χ0v) is 13.8. The lowest BCUT2D eigenvalue weighted by molar-refractivity contribution is -0.127. The maximum atomic E-state index is 12.4. The number of carbonyl (C=O) groups excluding carboxylic acids is 2. The molecule has 0 spiro atoms. The molecule has 1 fully saturated rings. The van der Waals surface area contributed by atoms with E-state index in [2.05, 4.69) is 10.5 Å². The second-order valence-corrected chi connectivity index (χ2v) is 6.22. The molecule has 3 heterocycles. The fourth-order valence-corrected chi connectivity index (χ4v) is 3.26. The minimum Gasteiger partial charge on any atom is -0.488 e. The molecule has 1 aromatic carbocycles. The van der Waals surface area contributed by atoms with Gasteiger partial charge in [0.1, 0.15) is 12.4 Å². The predicted molar refractivity (Wildman–Crippen MR) is 89.0 cm³/mol. The van der Waals surface area contributed by atoms with E-state index in [9.17, 15) is 9.59 Å². The summed E-state index contributed by atoms with van der Waals surface area (Å²) in [6, 6.07) is 7.52. The van der Waals surface area contributed by atoms with E-state index in [0.717, 1.165) is 30.7 Å². The molecule has 2 aliphatic rings. The van der Waals surface area contributed by atoms with Gasteiger partial charge in [-0.1, -0.05) is 17.3 Å². The topological polar surface area (TPSA) is 84.7 Å².